The van der Waals surface area contributed by atoms with Crippen LogP contribution < -0.4 is 0 Å². The van der Waals surface area contributed by atoms with Crippen molar-refractivity contribution in [2.24, 2.45) is 5.10 Å². The third-order valence-electron chi connectivity index (χ3n) is 2.53. The van der Waals surface area contributed by atoms with Gasteiger partial charge in [0.2, 0.25) is 5.91 Å². The van der Waals surface area contributed by atoms with E-state index in [2.05, 4.69) is 5.10 Å². The fourth-order valence-electron chi connectivity index (χ4n) is 1.44. The highest BCUT2D eigenvalue weighted by Gasteiger charge is 2.30. The number of halogens is 3. The van der Waals surface area contributed by atoms with E-state index in [0.29, 0.717) is 0 Å². The molecule has 0 radical (unpaired) electrons. The van der Waals surface area contributed by atoms with E-state index in [9.17, 15) is 22.8 Å². The Morgan fingerprint density at radius 3 is 2.56 bits per heavy atom. The molecule has 0 aromatic rings. The maximum absolute atomic E-state index is 12.0. The molecular formula is C10H14F3N3O2. The van der Waals surface area contributed by atoms with Crippen LogP contribution in [0.15, 0.2) is 5.10 Å². The zero-order chi connectivity index (χ0) is 13.9. The van der Waals surface area contributed by atoms with Gasteiger partial charge in [-0.3, -0.25) is 9.59 Å². The van der Waals surface area contributed by atoms with Crippen LogP contribution in [-0.2, 0) is 9.59 Å². The Kier molecular flexibility index (Phi) is 4.31. The first-order valence-electron chi connectivity index (χ1n) is 5.37. The SMILES string of the molecule is CN(CCC(F)(F)F)C(=O)C1=NN(C)C(=O)CC1. The number of hydrogen-bond acceptors (Lipinski definition) is 3. The first-order chi connectivity index (χ1) is 8.20. The lowest BCUT2D eigenvalue weighted by Gasteiger charge is -2.23. The molecule has 0 unspecified atom stereocenters. The van der Waals surface area contributed by atoms with E-state index in [0.717, 1.165) is 9.91 Å². The molecule has 1 rings (SSSR count). The summed E-state index contributed by atoms with van der Waals surface area (Å²) in [6.07, 6.45) is -5.04. The van der Waals surface area contributed by atoms with E-state index < -0.39 is 25.0 Å². The number of amides is 2. The van der Waals surface area contributed by atoms with Gasteiger partial charge < -0.3 is 4.90 Å². The van der Waals surface area contributed by atoms with Crippen LogP contribution in [-0.4, -0.2) is 54.3 Å². The monoisotopic (exact) mass is 265 g/mol. The van der Waals surface area contributed by atoms with Gasteiger partial charge in [0, 0.05) is 33.5 Å². The summed E-state index contributed by atoms with van der Waals surface area (Å²) < 4.78 is 36.0. The molecule has 0 aromatic heterocycles. The second kappa shape index (κ2) is 5.36. The highest BCUT2D eigenvalue weighted by Crippen LogP contribution is 2.19. The summed E-state index contributed by atoms with van der Waals surface area (Å²) in [5.74, 6) is -0.789. The van der Waals surface area contributed by atoms with E-state index >= 15 is 0 Å². The molecule has 1 heterocycles. The van der Waals surface area contributed by atoms with Crippen LogP contribution in [0.1, 0.15) is 19.3 Å². The Balaban J connectivity index is 2.59. The van der Waals surface area contributed by atoms with Crippen LogP contribution in [0.5, 0.6) is 0 Å². The van der Waals surface area contributed by atoms with Gasteiger partial charge in [-0.05, 0) is 0 Å². The largest absolute Gasteiger partial charge is 0.390 e. The van der Waals surface area contributed by atoms with Gasteiger partial charge in [-0.2, -0.15) is 18.3 Å². The molecule has 102 valence electrons. The van der Waals surface area contributed by atoms with E-state index in [4.69, 9.17) is 0 Å². The van der Waals surface area contributed by atoms with Crippen LogP contribution in [0.2, 0.25) is 0 Å². The normalized spacial score (nSPS) is 16.6. The van der Waals surface area contributed by atoms with Crippen molar-refractivity contribution in [3.05, 3.63) is 0 Å². The molecule has 0 atom stereocenters. The van der Waals surface area contributed by atoms with Crippen LogP contribution >= 0.6 is 0 Å². The fourth-order valence-corrected chi connectivity index (χ4v) is 1.44. The molecule has 5 nitrogen and oxygen atoms in total. The van der Waals surface area contributed by atoms with Crippen LogP contribution in [0.4, 0.5) is 13.2 Å². The van der Waals surface area contributed by atoms with Crippen LogP contribution in [0.25, 0.3) is 0 Å². The molecule has 8 heteroatoms. The number of hydrazone groups is 1. The fraction of sp³-hybridized carbons (Fsp3) is 0.700. The summed E-state index contributed by atoms with van der Waals surface area (Å²) in [7, 11) is 2.69. The van der Waals surface area contributed by atoms with E-state index in [1.165, 1.54) is 14.1 Å². The molecular weight excluding hydrogens is 251 g/mol. The molecule has 0 aliphatic carbocycles. The molecule has 0 saturated heterocycles. The summed E-state index contributed by atoms with van der Waals surface area (Å²) in [6, 6.07) is 0. The Hall–Kier alpha value is -1.60. The predicted molar refractivity (Wildman–Crippen MR) is 57.7 cm³/mol. The summed E-state index contributed by atoms with van der Waals surface area (Å²) in [4.78, 5) is 23.9. The standard InChI is InChI=1S/C10H14F3N3O2/c1-15(6-5-10(11,12)13)9(18)7-3-4-8(17)16(2)14-7/h3-6H2,1-2H3. The van der Waals surface area contributed by atoms with Crippen LogP contribution in [0, 0.1) is 0 Å². The molecule has 2 amide bonds. The van der Waals surface area contributed by atoms with Gasteiger partial charge in [-0.25, -0.2) is 5.01 Å². The Morgan fingerprint density at radius 2 is 2.06 bits per heavy atom. The average molecular weight is 265 g/mol. The molecule has 18 heavy (non-hydrogen) atoms. The third-order valence-corrected chi connectivity index (χ3v) is 2.53. The molecule has 1 aliphatic heterocycles. The van der Waals surface area contributed by atoms with E-state index in [1.54, 1.807) is 0 Å². The van der Waals surface area contributed by atoms with Gasteiger partial charge >= 0.3 is 6.18 Å². The molecule has 0 fully saturated rings. The molecule has 1 aliphatic rings. The lowest BCUT2D eigenvalue weighted by Crippen LogP contribution is -2.39. The third kappa shape index (κ3) is 4.01. The second-order valence-electron chi connectivity index (χ2n) is 4.06. The zero-order valence-electron chi connectivity index (χ0n) is 10.1. The van der Waals surface area contributed by atoms with Crippen molar-refractivity contribution in [2.45, 2.75) is 25.4 Å². The van der Waals surface area contributed by atoms with E-state index in [-0.39, 0.29) is 24.5 Å². The highest BCUT2D eigenvalue weighted by atomic mass is 19.4. The Labute approximate surface area is 102 Å². The minimum Gasteiger partial charge on any atom is -0.340 e. The quantitative estimate of drug-likeness (QED) is 0.764. The Bertz CT molecular complexity index is 379. The summed E-state index contributed by atoms with van der Waals surface area (Å²) in [6.45, 7) is -0.418. The average Bonchev–Trinajstić information content (AvgIpc) is 2.27. The number of carbonyl (C=O) groups excluding carboxylic acids is 2. The highest BCUT2D eigenvalue weighted by molar-refractivity contribution is 6.39. The lowest BCUT2D eigenvalue weighted by molar-refractivity contribution is -0.141. The van der Waals surface area contributed by atoms with Crippen molar-refractivity contribution in [2.75, 3.05) is 20.6 Å². The van der Waals surface area contributed by atoms with Gasteiger partial charge in [-0.15, -0.1) is 0 Å². The molecule has 0 saturated carbocycles. The maximum Gasteiger partial charge on any atom is 0.390 e. The van der Waals surface area contributed by atoms with Crippen molar-refractivity contribution >= 4 is 17.5 Å². The smallest absolute Gasteiger partial charge is 0.340 e. The minimum atomic E-state index is -4.30. The second-order valence-corrected chi connectivity index (χ2v) is 4.06. The Morgan fingerprint density at radius 1 is 1.44 bits per heavy atom. The first kappa shape index (κ1) is 14.5. The lowest BCUT2D eigenvalue weighted by atomic mass is 10.1. The summed E-state index contributed by atoms with van der Waals surface area (Å²) in [5.41, 5.74) is 0.113. The molecule has 0 bridgehead atoms. The number of hydrogen-bond donors (Lipinski definition) is 0. The van der Waals surface area contributed by atoms with Crippen molar-refractivity contribution < 1.29 is 22.8 Å². The van der Waals surface area contributed by atoms with Gasteiger partial charge in [0.1, 0.15) is 5.71 Å². The van der Waals surface area contributed by atoms with Crippen molar-refractivity contribution in [3.8, 4) is 0 Å². The van der Waals surface area contributed by atoms with Gasteiger partial charge in [0.15, 0.2) is 0 Å². The molecule has 0 aromatic carbocycles. The zero-order valence-corrected chi connectivity index (χ0v) is 10.1. The summed E-state index contributed by atoms with van der Waals surface area (Å²) >= 11 is 0. The number of carbonyl (C=O) groups is 2. The van der Waals surface area contributed by atoms with Crippen molar-refractivity contribution in [1.82, 2.24) is 9.91 Å². The molecule has 0 spiro atoms. The van der Waals surface area contributed by atoms with Gasteiger partial charge in [0.05, 0.1) is 6.42 Å². The van der Waals surface area contributed by atoms with Gasteiger partial charge in [-0.1, -0.05) is 0 Å². The molecule has 0 N–H and O–H groups in total. The topological polar surface area (TPSA) is 53.0 Å². The first-order valence-corrected chi connectivity index (χ1v) is 5.37. The number of alkyl halides is 3. The van der Waals surface area contributed by atoms with Crippen LogP contribution in [0.3, 0.4) is 0 Å². The number of nitrogens with zero attached hydrogens (tertiary/aromatic N) is 3. The van der Waals surface area contributed by atoms with Crippen molar-refractivity contribution in [3.63, 3.8) is 0 Å². The summed E-state index contributed by atoms with van der Waals surface area (Å²) in [5, 5.41) is 4.79. The van der Waals surface area contributed by atoms with Crippen molar-refractivity contribution in [1.29, 1.82) is 0 Å². The predicted octanol–water partition coefficient (Wildman–Crippen LogP) is 1.01. The minimum absolute atomic E-state index is 0.113. The maximum atomic E-state index is 12.0. The number of rotatable bonds is 3. The van der Waals surface area contributed by atoms with Gasteiger partial charge in [0.25, 0.3) is 5.91 Å². The van der Waals surface area contributed by atoms with E-state index in [1.807, 2.05) is 0 Å².